The molecule has 10 nitrogen and oxygen atoms in total. The molecule has 0 aliphatic carbocycles. The Morgan fingerprint density at radius 3 is 2.56 bits per heavy atom. The highest BCUT2D eigenvalue weighted by molar-refractivity contribution is 6.04. The Kier molecular flexibility index (Phi) is 6.40. The standard InChI is InChI=1S/C28H26F3N7O3/c1-27(14-41-15-27)26(40)37-10-7-18(13-37)24-36-21(22-23(32)34-9-11-38(22)24)16-2-4-17(5-3-16)25(39)35-20-12-19(6-8-33-20)28(29,30)31/h2-6,8-9,11-12,18H,7,10,13-15H2,1H3,(H2,32,34)(H,33,35,39)/t18-/m1/s1. The van der Waals surface area contributed by atoms with Crippen molar-refractivity contribution in [3.63, 3.8) is 0 Å². The van der Waals surface area contributed by atoms with Gasteiger partial charge < -0.3 is 20.7 Å². The summed E-state index contributed by atoms with van der Waals surface area (Å²) in [7, 11) is 0. The number of anilines is 2. The van der Waals surface area contributed by atoms with Gasteiger partial charge in [0.15, 0.2) is 0 Å². The maximum absolute atomic E-state index is 13.0. The highest BCUT2D eigenvalue weighted by Crippen LogP contribution is 2.37. The van der Waals surface area contributed by atoms with E-state index in [1.807, 2.05) is 16.2 Å². The van der Waals surface area contributed by atoms with Gasteiger partial charge in [-0.05, 0) is 37.6 Å². The van der Waals surface area contributed by atoms with Crippen molar-refractivity contribution >= 4 is 29.0 Å². The zero-order valence-corrected chi connectivity index (χ0v) is 22.0. The minimum absolute atomic E-state index is 0.0170. The van der Waals surface area contributed by atoms with Gasteiger partial charge in [0.1, 0.15) is 28.7 Å². The number of benzene rings is 1. The van der Waals surface area contributed by atoms with Crippen molar-refractivity contribution < 1.29 is 27.5 Å². The molecule has 1 aromatic carbocycles. The number of nitrogens with zero attached hydrogens (tertiary/aromatic N) is 5. The molecular formula is C28H26F3N7O3. The minimum Gasteiger partial charge on any atom is -0.382 e. The van der Waals surface area contributed by atoms with Crippen molar-refractivity contribution in [3.05, 3.63) is 71.9 Å². The van der Waals surface area contributed by atoms with Crippen LogP contribution in [0.1, 0.15) is 41.0 Å². The number of hydrogen-bond acceptors (Lipinski definition) is 7. The van der Waals surface area contributed by atoms with Gasteiger partial charge in [-0.25, -0.2) is 15.0 Å². The van der Waals surface area contributed by atoms with Crippen LogP contribution in [0.15, 0.2) is 55.0 Å². The number of aromatic nitrogens is 4. The lowest BCUT2D eigenvalue weighted by atomic mass is 9.87. The third-order valence-electron chi connectivity index (χ3n) is 7.56. The van der Waals surface area contributed by atoms with Crippen molar-refractivity contribution in [3.8, 4) is 11.3 Å². The zero-order valence-electron chi connectivity index (χ0n) is 22.0. The number of ether oxygens (including phenoxy) is 1. The summed E-state index contributed by atoms with van der Waals surface area (Å²) < 4.78 is 46.2. The Morgan fingerprint density at radius 2 is 1.88 bits per heavy atom. The van der Waals surface area contributed by atoms with Gasteiger partial charge in [0.2, 0.25) is 5.91 Å². The number of carbonyl (C=O) groups excluding carboxylic acids is 2. The number of carbonyl (C=O) groups is 2. The van der Waals surface area contributed by atoms with Crippen molar-refractivity contribution in [2.45, 2.75) is 25.4 Å². The molecule has 0 bridgehead atoms. The Bertz CT molecular complexity index is 1650. The second-order valence-corrected chi connectivity index (χ2v) is 10.6. The molecule has 0 radical (unpaired) electrons. The number of nitrogens with two attached hydrogens (primary N) is 1. The SMILES string of the molecule is CC1(C(=O)N2CC[C@@H](c3nc(-c4ccc(C(=O)Nc5cc(C(F)(F)F)ccn5)cc4)c4c(N)nccn34)C2)COC1. The van der Waals surface area contributed by atoms with E-state index >= 15 is 0 Å². The van der Waals surface area contributed by atoms with Gasteiger partial charge in [-0.1, -0.05) is 12.1 Å². The number of rotatable bonds is 5. The summed E-state index contributed by atoms with van der Waals surface area (Å²) in [5.41, 5.74) is 6.96. The van der Waals surface area contributed by atoms with Crippen molar-refractivity contribution in [2.24, 2.45) is 5.41 Å². The average Bonchev–Trinajstić information content (AvgIpc) is 3.57. The second-order valence-electron chi connectivity index (χ2n) is 10.6. The van der Waals surface area contributed by atoms with Crippen molar-refractivity contribution in [1.82, 2.24) is 24.3 Å². The van der Waals surface area contributed by atoms with Crippen LogP contribution < -0.4 is 11.1 Å². The number of fused-ring (bicyclic) bond motifs is 1. The number of alkyl halides is 3. The van der Waals surface area contributed by atoms with Crippen LogP contribution in [-0.4, -0.2) is 62.4 Å². The fourth-order valence-corrected chi connectivity index (χ4v) is 5.29. The van der Waals surface area contributed by atoms with E-state index < -0.39 is 23.1 Å². The molecule has 3 N–H and O–H groups in total. The molecule has 13 heteroatoms. The number of imidazole rings is 1. The summed E-state index contributed by atoms with van der Waals surface area (Å²) in [6.07, 6.45) is 0.558. The number of nitrogen functional groups attached to an aromatic ring is 1. The summed E-state index contributed by atoms with van der Waals surface area (Å²) in [4.78, 5) is 40.6. The number of amides is 2. The first-order chi connectivity index (χ1) is 19.5. The molecule has 0 unspecified atom stereocenters. The van der Waals surface area contributed by atoms with Crippen LogP contribution in [0.4, 0.5) is 24.8 Å². The summed E-state index contributed by atoms with van der Waals surface area (Å²) in [5.74, 6) is 0.288. The van der Waals surface area contributed by atoms with E-state index in [1.165, 1.54) is 0 Å². The fraction of sp³-hybridized carbons (Fsp3) is 0.321. The smallest absolute Gasteiger partial charge is 0.382 e. The molecule has 2 aliphatic heterocycles. The monoisotopic (exact) mass is 565 g/mol. The molecule has 0 saturated carbocycles. The summed E-state index contributed by atoms with van der Waals surface area (Å²) in [6.45, 7) is 3.92. The number of likely N-dealkylation sites (tertiary alicyclic amines) is 1. The van der Waals surface area contributed by atoms with Gasteiger partial charge in [-0.3, -0.25) is 14.0 Å². The second kappa shape index (κ2) is 9.84. The van der Waals surface area contributed by atoms with Gasteiger partial charge in [-0.2, -0.15) is 13.2 Å². The Balaban J connectivity index is 1.25. The van der Waals surface area contributed by atoms with Crippen LogP contribution in [0.2, 0.25) is 0 Å². The minimum atomic E-state index is -4.55. The molecule has 2 saturated heterocycles. The molecule has 2 fully saturated rings. The largest absolute Gasteiger partial charge is 0.416 e. The molecule has 212 valence electrons. The molecule has 5 heterocycles. The molecule has 1 atom stereocenters. The lowest BCUT2D eigenvalue weighted by Gasteiger charge is -2.39. The van der Waals surface area contributed by atoms with Crippen LogP contribution in [-0.2, 0) is 15.7 Å². The molecule has 4 aromatic rings. The molecule has 0 spiro atoms. The highest BCUT2D eigenvalue weighted by Gasteiger charge is 2.45. The van der Waals surface area contributed by atoms with Gasteiger partial charge in [0.25, 0.3) is 5.91 Å². The van der Waals surface area contributed by atoms with E-state index in [4.69, 9.17) is 15.5 Å². The molecule has 2 amide bonds. The highest BCUT2D eigenvalue weighted by atomic mass is 19.4. The third kappa shape index (κ3) is 4.86. The topological polar surface area (TPSA) is 128 Å². The van der Waals surface area contributed by atoms with E-state index in [0.717, 1.165) is 30.6 Å². The molecule has 6 rings (SSSR count). The summed E-state index contributed by atoms with van der Waals surface area (Å²) >= 11 is 0. The maximum atomic E-state index is 13.0. The quantitative estimate of drug-likeness (QED) is 0.375. The Morgan fingerprint density at radius 1 is 1.12 bits per heavy atom. The van der Waals surface area contributed by atoms with Gasteiger partial charge in [0, 0.05) is 48.7 Å². The average molecular weight is 566 g/mol. The molecule has 2 aliphatic rings. The number of pyridine rings is 1. The zero-order chi connectivity index (χ0) is 28.9. The number of nitrogens with one attached hydrogen (secondary N) is 1. The van der Waals surface area contributed by atoms with Crippen LogP contribution in [0.3, 0.4) is 0 Å². The first-order valence-electron chi connectivity index (χ1n) is 13.0. The van der Waals surface area contributed by atoms with Gasteiger partial charge in [-0.15, -0.1) is 0 Å². The lowest BCUT2D eigenvalue weighted by molar-refractivity contribution is -0.167. The predicted molar refractivity (Wildman–Crippen MR) is 143 cm³/mol. The molecule has 41 heavy (non-hydrogen) atoms. The van der Waals surface area contributed by atoms with Crippen molar-refractivity contribution in [1.29, 1.82) is 0 Å². The van der Waals surface area contributed by atoms with Crippen LogP contribution >= 0.6 is 0 Å². The Hall–Kier alpha value is -4.52. The van der Waals surface area contributed by atoms with Gasteiger partial charge in [0.05, 0.1) is 24.2 Å². The van der Waals surface area contributed by atoms with Crippen LogP contribution in [0.5, 0.6) is 0 Å². The fourth-order valence-electron chi connectivity index (χ4n) is 5.29. The van der Waals surface area contributed by atoms with Crippen molar-refractivity contribution in [2.75, 3.05) is 37.4 Å². The normalized spacial score (nSPS) is 18.3. The summed E-state index contributed by atoms with van der Waals surface area (Å²) in [6, 6.07) is 8.09. The van der Waals surface area contributed by atoms with E-state index in [0.29, 0.717) is 43.1 Å². The number of hydrogen-bond donors (Lipinski definition) is 2. The van der Waals surface area contributed by atoms with E-state index in [9.17, 15) is 22.8 Å². The maximum Gasteiger partial charge on any atom is 0.416 e. The summed E-state index contributed by atoms with van der Waals surface area (Å²) in [5, 5.41) is 2.40. The molecule has 3 aromatic heterocycles. The lowest BCUT2D eigenvalue weighted by Crippen LogP contribution is -2.52. The third-order valence-corrected chi connectivity index (χ3v) is 7.56. The van der Waals surface area contributed by atoms with Crippen LogP contribution in [0.25, 0.3) is 16.8 Å². The van der Waals surface area contributed by atoms with E-state index in [2.05, 4.69) is 15.3 Å². The first-order valence-corrected chi connectivity index (χ1v) is 13.0. The Labute approximate surface area is 232 Å². The predicted octanol–water partition coefficient (Wildman–Crippen LogP) is 4.00. The van der Waals surface area contributed by atoms with Crippen LogP contribution in [0, 0.1) is 5.41 Å². The van der Waals surface area contributed by atoms with Gasteiger partial charge >= 0.3 is 6.18 Å². The van der Waals surface area contributed by atoms with E-state index in [-0.39, 0.29) is 29.0 Å². The number of halogens is 3. The first kappa shape index (κ1) is 26.7. The van der Waals surface area contributed by atoms with E-state index in [1.54, 1.807) is 36.7 Å². The molecular weight excluding hydrogens is 539 g/mol.